The van der Waals surface area contributed by atoms with Crippen LogP contribution in [0.25, 0.3) is 0 Å². The molecule has 0 saturated heterocycles. The number of nitro groups is 1. The zero-order valence-electron chi connectivity index (χ0n) is 8.31. The largest absolute Gasteiger partial charge is 0.490 e. The fourth-order valence-corrected chi connectivity index (χ4v) is 1.58. The number of nitrogens with zero attached hydrogens (tertiary/aromatic N) is 5. The summed E-state index contributed by atoms with van der Waals surface area (Å²) in [5, 5.41) is 18.5. The van der Waals surface area contributed by atoms with Crippen LogP contribution in [0.3, 0.4) is 0 Å². The van der Waals surface area contributed by atoms with Crippen LogP contribution in [0, 0.1) is 10.1 Å². The monoisotopic (exact) mass is 254 g/mol. The van der Waals surface area contributed by atoms with E-state index < -0.39 is 10.9 Å². The molecular formula is C7H6N6O3S. The second-order valence-corrected chi connectivity index (χ2v) is 3.78. The summed E-state index contributed by atoms with van der Waals surface area (Å²) in [6, 6.07) is 0. The zero-order chi connectivity index (χ0) is 12.3. The summed E-state index contributed by atoms with van der Waals surface area (Å²) in [5.74, 6) is -0.910. The van der Waals surface area contributed by atoms with Crippen molar-refractivity contribution in [2.45, 2.75) is 6.54 Å². The third-order valence-electron chi connectivity index (χ3n) is 1.67. The number of amides is 1. The smallest absolute Gasteiger partial charge is 0.390 e. The van der Waals surface area contributed by atoms with E-state index in [-0.39, 0.29) is 12.5 Å². The lowest BCUT2D eigenvalue weighted by Crippen LogP contribution is -2.19. The van der Waals surface area contributed by atoms with Gasteiger partial charge in [-0.3, -0.25) is 4.79 Å². The van der Waals surface area contributed by atoms with Gasteiger partial charge in [0.25, 0.3) is 0 Å². The summed E-state index contributed by atoms with van der Waals surface area (Å²) >= 11 is 1.28. The highest BCUT2D eigenvalue weighted by Gasteiger charge is 2.15. The van der Waals surface area contributed by atoms with Crippen molar-refractivity contribution in [3.63, 3.8) is 0 Å². The molecule has 17 heavy (non-hydrogen) atoms. The Bertz CT molecular complexity index is 536. The number of carbonyl (C=O) groups excluding carboxylic acids is 1. The molecular weight excluding hydrogens is 248 g/mol. The maximum absolute atomic E-state index is 11.5. The van der Waals surface area contributed by atoms with Crippen LogP contribution in [0.4, 0.5) is 11.1 Å². The fourth-order valence-electron chi connectivity index (χ4n) is 1.04. The lowest BCUT2D eigenvalue weighted by molar-refractivity contribution is -0.394. The molecule has 88 valence electrons. The molecule has 0 radical (unpaired) electrons. The van der Waals surface area contributed by atoms with Crippen LogP contribution >= 0.6 is 11.3 Å². The molecule has 0 spiro atoms. The van der Waals surface area contributed by atoms with E-state index in [0.717, 1.165) is 11.0 Å². The number of hydrogen-bond acceptors (Lipinski definition) is 7. The second-order valence-electron chi connectivity index (χ2n) is 2.88. The molecule has 0 aliphatic heterocycles. The molecule has 9 nitrogen and oxygen atoms in total. The van der Waals surface area contributed by atoms with Crippen LogP contribution in [0.15, 0.2) is 17.9 Å². The quantitative estimate of drug-likeness (QED) is 0.618. The van der Waals surface area contributed by atoms with Crippen LogP contribution in [-0.2, 0) is 11.3 Å². The van der Waals surface area contributed by atoms with E-state index in [1.165, 1.54) is 11.3 Å². The molecule has 1 amide bonds. The number of aromatic nitrogens is 4. The first kappa shape index (κ1) is 11.1. The Balaban J connectivity index is 1.96. The number of nitrogens with one attached hydrogen (secondary N) is 1. The average molecular weight is 254 g/mol. The van der Waals surface area contributed by atoms with Gasteiger partial charge in [0.15, 0.2) is 5.13 Å². The second kappa shape index (κ2) is 4.65. The van der Waals surface area contributed by atoms with Crippen molar-refractivity contribution in [2.75, 3.05) is 5.32 Å². The molecule has 2 aromatic heterocycles. The van der Waals surface area contributed by atoms with Crippen molar-refractivity contribution in [3.8, 4) is 0 Å². The molecule has 0 bridgehead atoms. The van der Waals surface area contributed by atoms with Crippen molar-refractivity contribution in [2.24, 2.45) is 0 Å². The van der Waals surface area contributed by atoms with Gasteiger partial charge >= 0.3 is 5.95 Å². The van der Waals surface area contributed by atoms with E-state index >= 15 is 0 Å². The maximum Gasteiger partial charge on any atom is 0.490 e. The maximum atomic E-state index is 11.5. The predicted octanol–water partition coefficient (Wildman–Crippen LogP) is 0.281. The Labute approximate surface area is 98.3 Å². The Hall–Kier alpha value is -2.36. The summed E-state index contributed by atoms with van der Waals surface area (Å²) < 4.78 is 1.08. The summed E-state index contributed by atoms with van der Waals surface area (Å²) in [7, 11) is 0. The minimum Gasteiger partial charge on any atom is -0.390 e. The van der Waals surface area contributed by atoms with E-state index in [4.69, 9.17) is 0 Å². The molecule has 2 rings (SSSR count). The average Bonchev–Trinajstić information content (AvgIpc) is 2.88. The van der Waals surface area contributed by atoms with Crippen molar-refractivity contribution >= 4 is 28.3 Å². The predicted molar refractivity (Wildman–Crippen MR) is 57.4 cm³/mol. The summed E-state index contributed by atoms with van der Waals surface area (Å²) in [6.07, 6.45) is 2.68. The number of hydrogen-bond donors (Lipinski definition) is 1. The van der Waals surface area contributed by atoms with Gasteiger partial charge in [-0.1, -0.05) is 4.98 Å². The number of anilines is 1. The molecule has 0 saturated carbocycles. The Morgan fingerprint density at radius 3 is 3.00 bits per heavy atom. The van der Waals surface area contributed by atoms with Gasteiger partial charge in [0.1, 0.15) is 6.54 Å². The minimum atomic E-state index is -0.727. The number of carbonyl (C=O) groups is 1. The molecule has 1 N–H and O–H groups in total. The molecule has 0 aliphatic rings. The van der Waals surface area contributed by atoms with Gasteiger partial charge < -0.3 is 15.4 Å². The molecule has 2 heterocycles. The Kier molecular flexibility index (Phi) is 3.05. The fraction of sp³-hybridized carbons (Fsp3) is 0.143. The Morgan fingerprint density at radius 1 is 1.59 bits per heavy atom. The molecule has 0 atom stereocenters. The lowest BCUT2D eigenvalue weighted by Gasteiger charge is -1.98. The van der Waals surface area contributed by atoms with Gasteiger partial charge in [0, 0.05) is 16.7 Å². The molecule has 0 unspecified atom stereocenters. The molecule has 10 heteroatoms. The van der Waals surface area contributed by atoms with Crippen molar-refractivity contribution < 1.29 is 9.72 Å². The summed E-state index contributed by atoms with van der Waals surface area (Å²) in [5.41, 5.74) is 0. The zero-order valence-corrected chi connectivity index (χ0v) is 9.12. The van der Waals surface area contributed by atoms with E-state index in [2.05, 4.69) is 20.4 Å². The molecule has 0 fully saturated rings. The highest BCUT2D eigenvalue weighted by atomic mass is 32.1. The first-order chi connectivity index (χ1) is 8.15. The van der Waals surface area contributed by atoms with E-state index in [0.29, 0.717) is 5.13 Å². The standard InChI is InChI=1S/C7H6N6O3S/c14-5(10-7-8-1-2-17-7)3-12-4-9-6(11-12)13(15)16/h1-2,4H,3H2,(H,8,10,14). The lowest BCUT2D eigenvalue weighted by atomic mass is 10.6. The van der Waals surface area contributed by atoms with Gasteiger partial charge in [0.2, 0.25) is 12.2 Å². The van der Waals surface area contributed by atoms with Crippen LogP contribution in [0.5, 0.6) is 0 Å². The van der Waals surface area contributed by atoms with Crippen LogP contribution in [-0.4, -0.2) is 30.6 Å². The highest BCUT2D eigenvalue weighted by Crippen LogP contribution is 2.10. The summed E-state index contributed by atoms with van der Waals surface area (Å²) in [6.45, 7) is -0.152. The van der Waals surface area contributed by atoms with Gasteiger partial charge in [-0.05, 0) is 4.92 Å². The SMILES string of the molecule is O=C(Cn1cnc([N+](=O)[O-])n1)Nc1nccs1. The third kappa shape index (κ3) is 2.81. The summed E-state index contributed by atoms with van der Waals surface area (Å²) in [4.78, 5) is 28.3. The molecule has 0 aliphatic carbocycles. The van der Waals surface area contributed by atoms with Crippen LogP contribution in [0.2, 0.25) is 0 Å². The van der Waals surface area contributed by atoms with Gasteiger partial charge in [0.05, 0.1) is 0 Å². The number of thiazole rings is 1. The van der Waals surface area contributed by atoms with E-state index in [1.54, 1.807) is 11.6 Å². The number of rotatable bonds is 4. The van der Waals surface area contributed by atoms with Gasteiger partial charge in [-0.2, -0.15) is 4.68 Å². The minimum absolute atomic E-state index is 0.152. The van der Waals surface area contributed by atoms with Gasteiger partial charge in [-0.25, -0.2) is 4.98 Å². The molecule has 2 aromatic rings. The van der Waals surface area contributed by atoms with Crippen LogP contribution in [0.1, 0.15) is 0 Å². The highest BCUT2D eigenvalue weighted by molar-refractivity contribution is 7.13. The topological polar surface area (TPSA) is 116 Å². The first-order valence-electron chi connectivity index (χ1n) is 4.38. The Morgan fingerprint density at radius 2 is 2.41 bits per heavy atom. The first-order valence-corrected chi connectivity index (χ1v) is 5.26. The van der Waals surface area contributed by atoms with Crippen LogP contribution < -0.4 is 5.32 Å². The van der Waals surface area contributed by atoms with Crippen molar-refractivity contribution in [3.05, 3.63) is 28.0 Å². The molecule has 0 aromatic carbocycles. The van der Waals surface area contributed by atoms with Crippen molar-refractivity contribution in [1.82, 2.24) is 19.7 Å². The third-order valence-corrected chi connectivity index (χ3v) is 2.36. The van der Waals surface area contributed by atoms with Crippen molar-refractivity contribution in [1.29, 1.82) is 0 Å². The van der Waals surface area contributed by atoms with E-state index in [9.17, 15) is 14.9 Å². The van der Waals surface area contributed by atoms with Gasteiger partial charge in [-0.15, -0.1) is 11.3 Å². The van der Waals surface area contributed by atoms with E-state index in [1.807, 2.05) is 0 Å². The normalized spacial score (nSPS) is 10.1.